The Morgan fingerprint density at radius 2 is 1.86 bits per heavy atom. The number of ether oxygens (including phenoxy) is 1. The van der Waals surface area contributed by atoms with Crippen molar-refractivity contribution in [3.8, 4) is 5.75 Å². The van der Waals surface area contributed by atoms with Crippen molar-refractivity contribution in [1.29, 1.82) is 0 Å². The molecule has 0 spiro atoms. The van der Waals surface area contributed by atoms with Crippen LogP contribution in [-0.4, -0.2) is 17.6 Å². The molecule has 78 valence electrons. The highest BCUT2D eigenvalue weighted by molar-refractivity contribution is 5.26. The Labute approximate surface area is 81.1 Å². The average molecular weight is 202 g/mol. The van der Waals surface area contributed by atoms with Crippen LogP contribution in [-0.2, 0) is 6.61 Å². The van der Waals surface area contributed by atoms with E-state index >= 15 is 0 Å². The Morgan fingerprint density at radius 3 is 2.29 bits per heavy atom. The molecular formula is C10H12F2O2. The molecule has 2 nitrogen and oxygen atoms in total. The Kier molecular flexibility index (Phi) is 3.41. The van der Waals surface area contributed by atoms with E-state index in [1.807, 2.05) is 0 Å². The predicted molar refractivity (Wildman–Crippen MR) is 48.5 cm³/mol. The maximum atomic E-state index is 12.4. The van der Waals surface area contributed by atoms with Gasteiger partial charge in [0.05, 0.1) is 6.61 Å². The SMILES string of the molecule is CC(F)(F)COc1ccc(CO)cc1. The molecule has 0 aliphatic heterocycles. The average Bonchev–Trinajstić information content (AvgIpc) is 2.14. The van der Waals surface area contributed by atoms with Crippen molar-refractivity contribution in [2.24, 2.45) is 0 Å². The van der Waals surface area contributed by atoms with Crippen molar-refractivity contribution < 1.29 is 18.6 Å². The third-order valence-electron chi connectivity index (χ3n) is 1.60. The molecule has 4 heteroatoms. The summed E-state index contributed by atoms with van der Waals surface area (Å²) in [7, 11) is 0. The van der Waals surface area contributed by atoms with Gasteiger partial charge in [0.15, 0.2) is 6.61 Å². The van der Waals surface area contributed by atoms with Crippen LogP contribution in [0, 0.1) is 0 Å². The molecule has 0 unspecified atom stereocenters. The third-order valence-corrected chi connectivity index (χ3v) is 1.60. The van der Waals surface area contributed by atoms with Gasteiger partial charge in [-0.3, -0.25) is 0 Å². The van der Waals surface area contributed by atoms with E-state index in [1.165, 1.54) is 0 Å². The fraction of sp³-hybridized carbons (Fsp3) is 0.400. The largest absolute Gasteiger partial charge is 0.487 e. The van der Waals surface area contributed by atoms with Crippen molar-refractivity contribution in [2.75, 3.05) is 6.61 Å². The van der Waals surface area contributed by atoms with Crippen LogP contribution in [0.3, 0.4) is 0 Å². The van der Waals surface area contributed by atoms with E-state index in [2.05, 4.69) is 0 Å². The van der Waals surface area contributed by atoms with Gasteiger partial charge in [-0.25, -0.2) is 8.78 Å². The molecule has 0 heterocycles. The zero-order chi connectivity index (χ0) is 10.6. The number of benzene rings is 1. The van der Waals surface area contributed by atoms with Gasteiger partial charge in [-0.15, -0.1) is 0 Å². The second-order valence-corrected chi connectivity index (χ2v) is 3.16. The number of aliphatic hydroxyl groups excluding tert-OH is 1. The van der Waals surface area contributed by atoms with E-state index in [-0.39, 0.29) is 6.61 Å². The Morgan fingerprint density at radius 1 is 1.29 bits per heavy atom. The first-order valence-electron chi connectivity index (χ1n) is 4.22. The number of halogens is 2. The van der Waals surface area contributed by atoms with Crippen LogP contribution in [0.5, 0.6) is 5.75 Å². The van der Waals surface area contributed by atoms with Crippen LogP contribution in [0.25, 0.3) is 0 Å². The molecule has 1 rings (SSSR count). The molecule has 0 amide bonds. The van der Waals surface area contributed by atoms with Crippen molar-refractivity contribution in [2.45, 2.75) is 19.5 Å². The first-order valence-corrected chi connectivity index (χ1v) is 4.22. The van der Waals surface area contributed by atoms with Gasteiger partial charge >= 0.3 is 0 Å². The summed E-state index contributed by atoms with van der Waals surface area (Å²) in [4.78, 5) is 0. The molecule has 0 fully saturated rings. The van der Waals surface area contributed by atoms with E-state index in [9.17, 15) is 8.78 Å². The van der Waals surface area contributed by atoms with Crippen LogP contribution < -0.4 is 4.74 Å². The molecular weight excluding hydrogens is 190 g/mol. The van der Waals surface area contributed by atoms with Gasteiger partial charge in [0.25, 0.3) is 5.92 Å². The van der Waals surface area contributed by atoms with Crippen molar-refractivity contribution in [1.82, 2.24) is 0 Å². The minimum absolute atomic E-state index is 0.0653. The van der Waals surface area contributed by atoms with Gasteiger partial charge in [-0.05, 0) is 17.7 Å². The minimum atomic E-state index is -2.82. The summed E-state index contributed by atoms with van der Waals surface area (Å²) < 4.78 is 29.6. The summed E-state index contributed by atoms with van der Waals surface area (Å²) in [5, 5.41) is 8.73. The second-order valence-electron chi connectivity index (χ2n) is 3.16. The van der Waals surface area contributed by atoms with E-state index in [4.69, 9.17) is 9.84 Å². The van der Waals surface area contributed by atoms with Crippen LogP contribution in [0.15, 0.2) is 24.3 Å². The predicted octanol–water partition coefficient (Wildman–Crippen LogP) is 2.21. The van der Waals surface area contributed by atoms with Crippen LogP contribution in [0.4, 0.5) is 8.78 Å². The van der Waals surface area contributed by atoms with Crippen molar-refractivity contribution in [3.05, 3.63) is 29.8 Å². The molecule has 14 heavy (non-hydrogen) atoms. The molecule has 0 saturated carbocycles. The van der Waals surface area contributed by atoms with Gasteiger partial charge in [-0.2, -0.15) is 0 Å². The van der Waals surface area contributed by atoms with Crippen molar-refractivity contribution >= 4 is 0 Å². The quantitative estimate of drug-likeness (QED) is 0.811. The second kappa shape index (κ2) is 4.37. The molecule has 0 radical (unpaired) electrons. The monoisotopic (exact) mass is 202 g/mol. The van der Waals surface area contributed by atoms with Gasteiger partial charge in [0, 0.05) is 6.92 Å². The maximum Gasteiger partial charge on any atom is 0.278 e. The molecule has 0 aromatic heterocycles. The highest BCUT2D eigenvalue weighted by atomic mass is 19.3. The first kappa shape index (κ1) is 10.9. The van der Waals surface area contributed by atoms with Crippen molar-refractivity contribution in [3.63, 3.8) is 0 Å². The summed E-state index contributed by atoms with van der Waals surface area (Å²) in [6.45, 7) is 0.102. The number of rotatable bonds is 4. The summed E-state index contributed by atoms with van der Waals surface area (Å²) >= 11 is 0. The number of aliphatic hydroxyl groups is 1. The summed E-state index contributed by atoms with van der Waals surface area (Å²) in [5.74, 6) is -2.45. The van der Waals surface area contributed by atoms with E-state index in [0.29, 0.717) is 5.75 Å². The lowest BCUT2D eigenvalue weighted by atomic mass is 10.2. The Bertz CT molecular complexity index is 277. The summed E-state index contributed by atoms with van der Waals surface area (Å²) in [6, 6.07) is 6.36. The van der Waals surface area contributed by atoms with Crippen LogP contribution in [0.2, 0.25) is 0 Å². The normalized spacial score (nSPS) is 11.4. The zero-order valence-corrected chi connectivity index (χ0v) is 7.84. The lowest BCUT2D eigenvalue weighted by molar-refractivity contribution is -0.0229. The highest BCUT2D eigenvalue weighted by Gasteiger charge is 2.21. The number of hydrogen-bond acceptors (Lipinski definition) is 2. The van der Waals surface area contributed by atoms with Gasteiger partial charge in [-0.1, -0.05) is 12.1 Å². The maximum absolute atomic E-state index is 12.4. The van der Waals surface area contributed by atoms with Gasteiger partial charge in [0.2, 0.25) is 0 Å². The summed E-state index contributed by atoms with van der Waals surface area (Å²) in [6.07, 6.45) is 0. The zero-order valence-electron chi connectivity index (χ0n) is 7.84. The number of hydrogen-bond donors (Lipinski definition) is 1. The molecule has 0 aliphatic carbocycles. The van der Waals surface area contributed by atoms with Gasteiger partial charge < -0.3 is 9.84 Å². The van der Waals surface area contributed by atoms with Crippen LogP contribution >= 0.6 is 0 Å². The highest BCUT2D eigenvalue weighted by Crippen LogP contribution is 2.17. The van der Waals surface area contributed by atoms with E-state index < -0.39 is 12.5 Å². The van der Waals surface area contributed by atoms with E-state index in [1.54, 1.807) is 24.3 Å². The molecule has 1 N–H and O–H groups in total. The molecule has 0 atom stereocenters. The number of alkyl halides is 2. The lowest BCUT2D eigenvalue weighted by Crippen LogP contribution is -2.20. The third kappa shape index (κ3) is 3.70. The molecule has 0 bridgehead atoms. The van der Waals surface area contributed by atoms with Gasteiger partial charge in [0.1, 0.15) is 5.75 Å². The minimum Gasteiger partial charge on any atom is -0.487 e. The standard InChI is InChI=1S/C10H12F2O2/c1-10(11,12)7-14-9-4-2-8(6-13)3-5-9/h2-5,13H,6-7H2,1H3. The smallest absolute Gasteiger partial charge is 0.278 e. The molecule has 1 aromatic rings. The molecule has 1 aromatic carbocycles. The van der Waals surface area contributed by atoms with Crippen LogP contribution in [0.1, 0.15) is 12.5 Å². The Hall–Kier alpha value is -1.16. The van der Waals surface area contributed by atoms with E-state index in [0.717, 1.165) is 12.5 Å². The lowest BCUT2D eigenvalue weighted by Gasteiger charge is -2.11. The Balaban J connectivity index is 2.52. The summed E-state index contributed by atoms with van der Waals surface area (Å²) in [5.41, 5.74) is 0.723. The first-order chi connectivity index (χ1) is 6.51. The molecule has 0 saturated heterocycles. The fourth-order valence-corrected chi connectivity index (χ4v) is 0.901. The fourth-order valence-electron chi connectivity index (χ4n) is 0.901. The molecule has 0 aliphatic rings. The topological polar surface area (TPSA) is 29.5 Å².